The van der Waals surface area contributed by atoms with Gasteiger partial charge in [0.1, 0.15) is 0 Å². The van der Waals surface area contributed by atoms with E-state index in [0.29, 0.717) is 35.7 Å². The predicted octanol–water partition coefficient (Wildman–Crippen LogP) is 5.10. The van der Waals surface area contributed by atoms with E-state index >= 15 is 0 Å². The molecule has 6 heteroatoms. The minimum absolute atomic E-state index is 0.0837. The van der Waals surface area contributed by atoms with Crippen LogP contribution in [0.2, 0.25) is 10.0 Å². The second-order valence-corrected chi connectivity index (χ2v) is 8.81. The van der Waals surface area contributed by atoms with E-state index in [-0.39, 0.29) is 23.9 Å². The van der Waals surface area contributed by atoms with Gasteiger partial charge in [-0.05, 0) is 73.9 Å². The molecule has 4 nitrogen and oxygen atoms in total. The van der Waals surface area contributed by atoms with Crippen LogP contribution in [0.3, 0.4) is 0 Å². The molecule has 2 amide bonds. The third kappa shape index (κ3) is 7.66. The maximum atomic E-state index is 12.2. The molecule has 30 heavy (non-hydrogen) atoms. The Bertz CT molecular complexity index is 758. The molecule has 1 fully saturated rings. The lowest BCUT2D eigenvalue weighted by molar-refractivity contribution is -0.123. The first-order valence-electron chi connectivity index (χ1n) is 10.6. The van der Waals surface area contributed by atoms with Gasteiger partial charge in [-0.15, -0.1) is 0 Å². The topological polar surface area (TPSA) is 58.2 Å². The maximum absolute atomic E-state index is 12.2. The van der Waals surface area contributed by atoms with Crippen molar-refractivity contribution in [1.29, 1.82) is 0 Å². The molecule has 3 rings (SSSR count). The van der Waals surface area contributed by atoms with E-state index < -0.39 is 0 Å². The highest BCUT2D eigenvalue weighted by Crippen LogP contribution is 2.19. The van der Waals surface area contributed by atoms with Gasteiger partial charge < -0.3 is 10.6 Å². The molecular formula is C24H28Cl2N2O2. The van der Waals surface area contributed by atoms with Crippen LogP contribution in [0.1, 0.15) is 49.7 Å². The number of carbonyl (C=O) groups is 2. The summed E-state index contributed by atoms with van der Waals surface area (Å²) in [5, 5.41) is 7.69. The number of hydrogen-bond acceptors (Lipinski definition) is 2. The normalized spacial score (nSPS) is 18.6. The molecule has 0 aromatic heterocycles. The van der Waals surface area contributed by atoms with Gasteiger partial charge in [0.25, 0.3) is 0 Å². The minimum Gasteiger partial charge on any atom is -0.353 e. The van der Waals surface area contributed by atoms with E-state index in [1.807, 2.05) is 48.5 Å². The SMILES string of the molecule is O=C(CCc1ccc(Cl)cc1)N[C@H]1CC[C@H](NC(=O)CCc2ccc(Cl)cc2)CC1. The number of hydrogen-bond donors (Lipinski definition) is 2. The summed E-state index contributed by atoms with van der Waals surface area (Å²) in [5.74, 6) is 0.167. The zero-order chi connectivity index (χ0) is 21.3. The summed E-state index contributed by atoms with van der Waals surface area (Å²) < 4.78 is 0. The standard InChI is InChI=1S/C24H28Cl2N2O2/c25-19-7-1-17(2-8-19)5-15-23(29)27-21-11-13-22(14-12-21)28-24(30)16-6-18-3-9-20(26)10-4-18/h1-4,7-10,21-22H,5-6,11-16H2,(H,27,29)(H,28,30)/t21-,22-. The van der Waals surface area contributed by atoms with E-state index in [1.165, 1.54) is 0 Å². The largest absolute Gasteiger partial charge is 0.353 e. The van der Waals surface area contributed by atoms with Crippen molar-refractivity contribution in [2.45, 2.75) is 63.5 Å². The zero-order valence-corrected chi connectivity index (χ0v) is 18.5. The number of halogens is 2. The molecule has 0 bridgehead atoms. The molecule has 1 saturated carbocycles. The van der Waals surface area contributed by atoms with E-state index in [2.05, 4.69) is 10.6 Å². The van der Waals surface area contributed by atoms with E-state index in [1.54, 1.807) is 0 Å². The lowest BCUT2D eigenvalue weighted by atomic mass is 9.91. The van der Waals surface area contributed by atoms with Crippen molar-refractivity contribution >= 4 is 35.0 Å². The second-order valence-electron chi connectivity index (χ2n) is 7.94. The molecular weight excluding hydrogens is 419 g/mol. The number of amides is 2. The molecule has 0 aliphatic heterocycles. The fraction of sp³-hybridized carbons (Fsp3) is 0.417. The Hall–Kier alpha value is -2.04. The van der Waals surface area contributed by atoms with Gasteiger partial charge in [-0.3, -0.25) is 9.59 Å². The summed E-state index contributed by atoms with van der Waals surface area (Å²) in [6.45, 7) is 0. The maximum Gasteiger partial charge on any atom is 0.220 e. The summed E-state index contributed by atoms with van der Waals surface area (Å²) in [6, 6.07) is 15.6. The fourth-order valence-electron chi connectivity index (χ4n) is 3.80. The summed E-state index contributed by atoms with van der Waals surface area (Å²) >= 11 is 11.8. The third-order valence-electron chi connectivity index (χ3n) is 5.57. The van der Waals surface area contributed by atoms with Crippen LogP contribution < -0.4 is 10.6 Å². The molecule has 2 aromatic carbocycles. The smallest absolute Gasteiger partial charge is 0.220 e. The third-order valence-corrected chi connectivity index (χ3v) is 6.07. The lowest BCUT2D eigenvalue weighted by Crippen LogP contribution is -2.43. The van der Waals surface area contributed by atoms with Crippen LogP contribution in [0.25, 0.3) is 0 Å². The van der Waals surface area contributed by atoms with Crippen molar-refractivity contribution in [1.82, 2.24) is 10.6 Å². The molecule has 0 saturated heterocycles. The van der Waals surface area contributed by atoms with Crippen molar-refractivity contribution < 1.29 is 9.59 Å². The highest BCUT2D eigenvalue weighted by molar-refractivity contribution is 6.30. The van der Waals surface area contributed by atoms with Crippen LogP contribution in [0.4, 0.5) is 0 Å². The first-order chi connectivity index (χ1) is 14.5. The van der Waals surface area contributed by atoms with Gasteiger partial charge in [-0.1, -0.05) is 47.5 Å². The van der Waals surface area contributed by atoms with Crippen LogP contribution >= 0.6 is 23.2 Å². The Balaban J connectivity index is 1.31. The van der Waals surface area contributed by atoms with E-state index in [9.17, 15) is 9.59 Å². The van der Waals surface area contributed by atoms with E-state index in [4.69, 9.17) is 23.2 Å². The van der Waals surface area contributed by atoms with Crippen molar-refractivity contribution in [3.05, 3.63) is 69.7 Å². The van der Waals surface area contributed by atoms with Crippen molar-refractivity contribution in [2.24, 2.45) is 0 Å². The van der Waals surface area contributed by atoms with E-state index in [0.717, 1.165) is 36.8 Å². The van der Waals surface area contributed by atoms with Crippen molar-refractivity contribution in [3.63, 3.8) is 0 Å². The first-order valence-corrected chi connectivity index (χ1v) is 11.3. The van der Waals surface area contributed by atoms with Gasteiger partial charge in [-0.2, -0.15) is 0 Å². The Morgan fingerprint density at radius 3 is 1.33 bits per heavy atom. The summed E-state index contributed by atoms with van der Waals surface area (Å²) in [4.78, 5) is 24.5. The van der Waals surface area contributed by atoms with Gasteiger partial charge in [-0.25, -0.2) is 0 Å². The molecule has 0 spiro atoms. The molecule has 0 heterocycles. The molecule has 160 valence electrons. The summed E-state index contributed by atoms with van der Waals surface area (Å²) in [5.41, 5.74) is 2.22. The van der Waals surface area contributed by atoms with Gasteiger partial charge in [0.15, 0.2) is 0 Å². The zero-order valence-electron chi connectivity index (χ0n) is 17.0. The Morgan fingerprint density at radius 1 is 0.667 bits per heavy atom. The lowest BCUT2D eigenvalue weighted by Gasteiger charge is -2.29. The number of nitrogens with one attached hydrogen (secondary N) is 2. The minimum atomic E-state index is 0.0837. The van der Waals surface area contributed by atoms with Crippen molar-refractivity contribution in [2.75, 3.05) is 0 Å². The molecule has 0 radical (unpaired) electrons. The monoisotopic (exact) mass is 446 g/mol. The van der Waals surface area contributed by atoms with Gasteiger partial charge in [0.2, 0.25) is 11.8 Å². The van der Waals surface area contributed by atoms with Crippen LogP contribution in [0.5, 0.6) is 0 Å². The average Bonchev–Trinajstić information content (AvgIpc) is 2.74. The number of aryl methyl sites for hydroxylation is 2. The number of benzene rings is 2. The number of carbonyl (C=O) groups excluding carboxylic acids is 2. The Morgan fingerprint density at radius 2 is 1.00 bits per heavy atom. The van der Waals surface area contributed by atoms with Crippen LogP contribution in [-0.2, 0) is 22.4 Å². The molecule has 0 unspecified atom stereocenters. The molecule has 1 aliphatic carbocycles. The quantitative estimate of drug-likeness (QED) is 0.592. The summed E-state index contributed by atoms with van der Waals surface area (Å²) in [7, 11) is 0. The number of rotatable bonds is 8. The average molecular weight is 447 g/mol. The Labute approximate surface area is 188 Å². The van der Waals surface area contributed by atoms with Crippen LogP contribution in [0, 0.1) is 0 Å². The highest BCUT2D eigenvalue weighted by atomic mass is 35.5. The van der Waals surface area contributed by atoms with Gasteiger partial charge in [0.05, 0.1) is 0 Å². The van der Waals surface area contributed by atoms with Crippen molar-refractivity contribution in [3.8, 4) is 0 Å². The summed E-state index contributed by atoms with van der Waals surface area (Å²) in [6.07, 6.45) is 5.96. The first kappa shape index (κ1) is 22.6. The van der Waals surface area contributed by atoms with Crippen LogP contribution in [-0.4, -0.2) is 23.9 Å². The van der Waals surface area contributed by atoms with Gasteiger partial charge in [0, 0.05) is 35.0 Å². The van der Waals surface area contributed by atoms with Crippen LogP contribution in [0.15, 0.2) is 48.5 Å². The van der Waals surface area contributed by atoms with Gasteiger partial charge >= 0.3 is 0 Å². The molecule has 2 N–H and O–H groups in total. The fourth-order valence-corrected chi connectivity index (χ4v) is 4.05. The molecule has 1 aliphatic rings. The second kappa shape index (κ2) is 11.4. The predicted molar refractivity (Wildman–Crippen MR) is 122 cm³/mol. The molecule has 0 atom stereocenters. The molecule has 2 aromatic rings. The highest BCUT2D eigenvalue weighted by Gasteiger charge is 2.23. The Kier molecular flexibility index (Phi) is 8.59.